The Hall–Kier alpha value is -5.94. The van der Waals surface area contributed by atoms with Crippen LogP contribution >= 0.6 is 22.7 Å². The molecule has 4 aromatic carbocycles. The average molecular weight is 835 g/mol. The van der Waals surface area contributed by atoms with Crippen LogP contribution in [0.25, 0.3) is 22.5 Å². The zero-order valence-corrected chi connectivity index (χ0v) is 32.7. The fourth-order valence-corrected chi connectivity index (χ4v) is 7.70. The van der Waals surface area contributed by atoms with Gasteiger partial charge >= 0.3 is 0 Å². The van der Waals surface area contributed by atoms with Crippen LogP contribution in [0.4, 0.5) is 17.6 Å². The van der Waals surface area contributed by atoms with Crippen LogP contribution in [0.3, 0.4) is 0 Å². The first-order chi connectivity index (χ1) is 27.9. The number of amides is 2. The van der Waals surface area contributed by atoms with Gasteiger partial charge in [-0.25, -0.2) is 27.5 Å². The summed E-state index contributed by atoms with van der Waals surface area (Å²) >= 11 is 2.84. The summed E-state index contributed by atoms with van der Waals surface area (Å²) in [6, 6.07) is 18.9. The minimum absolute atomic E-state index is 0.0309. The van der Waals surface area contributed by atoms with Crippen LogP contribution < -0.4 is 20.9 Å². The minimum Gasteiger partial charge on any atom is -0.483 e. The number of allylic oxidation sites excluding steroid dienone is 1. The molecule has 0 atom stereocenters. The van der Waals surface area contributed by atoms with Crippen LogP contribution in [0.15, 0.2) is 85.5 Å². The number of carbonyl (C=O) groups excluding carboxylic acids is 2. The number of nitrogens with zero attached hydrogens (tertiary/aromatic N) is 2. The van der Waals surface area contributed by atoms with E-state index >= 15 is 0 Å². The van der Waals surface area contributed by atoms with Gasteiger partial charge in [0.25, 0.3) is 11.8 Å². The summed E-state index contributed by atoms with van der Waals surface area (Å²) in [6.07, 6.45) is 4.10. The first kappa shape index (κ1) is 43.2. The number of hydrogen-bond acceptors (Lipinski definition) is 10. The molecule has 0 aliphatic carbocycles. The van der Waals surface area contributed by atoms with Crippen molar-refractivity contribution >= 4 is 34.5 Å². The van der Waals surface area contributed by atoms with E-state index < -0.39 is 46.2 Å². The smallest absolute Gasteiger partial charge is 0.254 e. The summed E-state index contributed by atoms with van der Waals surface area (Å²) in [5, 5.41) is 19.6. The molecule has 0 aliphatic rings. The Morgan fingerprint density at radius 2 is 1.10 bits per heavy atom. The Kier molecular flexibility index (Phi) is 14.9. The summed E-state index contributed by atoms with van der Waals surface area (Å²) in [5.41, 5.74) is 13.3. The standard InChI is InChI=1S/C21H20F2N2O3S.C21H18F2N2O3S/c2*1-2-3-16-20(13-6-4-12(10-26)5-7-13)25-17(29-16)11-28-15-9-8-14(22)18(19(15)23)21(24)27/h4-9,26H,2-3,10-11H2,1H3,(H2,24,27);2,4-9,26H,1,3,10-11H2,(H2,24,27). The SMILES string of the molecule is C=CCc1sc(COc2ccc(F)c(C(N)=O)c2F)nc1-c1ccc(CO)cc1.CCCc1sc(COc2ccc(F)c(C(N)=O)c2F)nc1-c1ccc(CO)cc1. The predicted molar refractivity (Wildman–Crippen MR) is 213 cm³/mol. The number of nitrogens with two attached hydrogens (primary N) is 2. The molecule has 10 nitrogen and oxygen atoms in total. The molecule has 0 bridgehead atoms. The fourth-order valence-electron chi connectivity index (χ4n) is 5.60. The lowest BCUT2D eigenvalue weighted by molar-refractivity contribution is 0.0982. The summed E-state index contributed by atoms with van der Waals surface area (Å²) in [5.74, 6) is -7.28. The van der Waals surface area contributed by atoms with Gasteiger partial charge in [0.05, 0.1) is 24.6 Å². The highest BCUT2D eigenvalue weighted by Gasteiger charge is 2.22. The molecular formula is C42H38F4N4O6S2. The van der Waals surface area contributed by atoms with E-state index in [4.69, 9.17) is 20.9 Å². The first-order valence-electron chi connectivity index (χ1n) is 17.7. The van der Waals surface area contributed by atoms with Gasteiger partial charge in [0, 0.05) is 27.3 Å². The third-order valence-electron chi connectivity index (χ3n) is 8.42. The van der Waals surface area contributed by atoms with Crippen molar-refractivity contribution in [3.63, 3.8) is 0 Å². The van der Waals surface area contributed by atoms with Gasteiger partial charge < -0.3 is 31.2 Å². The van der Waals surface area contributed by atoms with E-state index in [0.29, 0.717) is 16.4 Å². The second kappa shape index (κ2) is 20.0. The summed E-state index contributed by atoms with van der Waals surface area (Å²) in [6.45, 7) is 5.64. The molecule has 302 valence electrons. The number of halogens is 4. The molecule has 16 heteroatoms. The Balaban J connectivity index is 0.000000221. The van der Waals surface area contributed by atoms with E-state index in [2.05, 4.69) is 23.5 Å². The number of hydrogen-bond donors (Lipinski definition) is 4. The van der Waals surface area contributed by atoms with Gasteiger partial charge in [-0.1, -0.05) is 68.0 Å². The van der Waals surface area contributed by atoms with Crippen LogP contribution in [0.2, 0.25) is 0 Å². The van der Waals surface area contributed by atoms with Gasteiger partial charge in [0.15, 0.2) is 23.1 Å². The maximum Gasteiger partial charge on any atom is 0.254 e. The lowest BCUT2D eigenvalue weighted by Gasteiger charge is -2.08. The number of carbonyl (C=O) groups is 2. The number of aliphatic hydroxyl groups is 2. The van der Waals surface area contributed by atoms with Gasteiger partial charge in [0.1, 0.15) is 46.0 Å². The number of aromatic nitrogens is 2. The molecule has 0 unspecified atom stereocenters. The summed E-state index contributed by atoms with van der Waals surface area (Å²) in [4.78, 5) is 33.7. The molecule has 58 heavy (non-hydrogen) atoms. The van der Waals surface area contributed by atoms with Crippen molar-refractivity contribution in [2.75, 3.05) is 0 Å². The Bertz CT molecular complexity index is 2400. The van der Waals surface area contributed by atoms with Crippen molar-refractivity contribution in [2.24, 2.45) is 11.5 Å². The molecular weight excluding hydrogens is 797 g/mol. The van der Waals surface area contributed by atoms with Gasteiger partial charge in [0.2, 0.25) is 0 Å². The largest absolute Gasteiger partial charge is 0.483 e. The van der Waals surface area contributed by atoms with E-state index in [1.165, 1.54) is 22.7 Å². The molecule has 6 aromatic rings. The third-order valence-corrected chi connectivity index (χ3v) is 10.6. The molecule has 0 saturated heterocycles. The zero-order chi connectivity index (χ0) is 41.9. The van der Waals surface area contributed by atoms with E-state index in [9.17, 15) is 37.4 Å². The quantitative estimate of drug-likeness (QED) is 0.0559. The predicted octanol–water partition coefficient (Wildman–Crippen LogP) is 8.20. The van der Waals surface area contributed by atoms with Crippen LogP contribution in [0.1, 0.15) is 65.0 Å². The highest BCUT2D eigenvalue weighted by Crippen LogP contribution is 2.33. The van der Waals surface area contributed by atoms with Crippen LogP contribution in [-0.2, 0) is 39.3 Å². The topological polar surface area (TPSA) is 171 Å². The van der Waals surface area contributed by atoms with Gasteiger partial charge in [-0.2, -0.15) is 0 Å². The molecule has 2 aromatic heterocycles. The highest BCUT2D eigenvalue weighted by molar-refractivity contribution is 7.12. The number of ether oxygens (including phenoxy) is 2. The van der Waals surface area contributed by atoms with E-state index in [-0.39, 0.29) is 37.9 Å². The fraction of sp³-hybridized carbons (Fsp3) is 0.190. The van der Waals surface area contributed by atoms with Gasteiger partial charge in [-0.05, 0) is 41.8 Å². The van der Waals surface area contributed by atoms with Crippen molar-refractivity contribution in [1.29, 1.82) is 0 Å². The molecule has 6 rings (SSSR count). The molecule has 6 N–H and O–H groups in total. The second-order valence-electron chi connectivity index (χ2n) is 12.5. The van der Waals surface area contributed by atoms with Crippen molar-refractivity contribution in [3.8, 4) is 34.0 Å². The number of benzene rings is 4. The van der Waals surface area contributed by atoms with Crippen LogP contribution in [0, 0.1) is 23.3 Å². The van der Waals surface area contributed by atoms with E-state index in [1.54, 1.807) is 6.08 Å². The number of aliphatic hydroxyl groups excluding tert-OH is 2. The highest BCUT2D eigenvalue weighted by atomic mass is 32.1. The monoisotopic (exact) mass is 834 g/mol. The lowest BCUT2D eigenvalue weighted by Crippen LogP contribution is -2.16. The minimum atomic E-state index is -1.21. The maximum atomic E-state index is 14.3. The molecule has 2 amide bonds. The van der Waals surface area contributed by atoms with Crippen molar-refractivity contribution in [2.45, 2.75) is 52.6 Å². The number of rotatable bonds is 16. The Morgan fingerprint density at radius 1 is 0.690 bits per heavy atom. The number of aryl methyl sites for hydroxylation is 1. The summed E-state index contributed by atoms with van der Waals surface area (Å²) in [7, 11) is 0. The van der Waals surface area contributed by atoms with Crippen molar-refractivity contribution < 1.29 is 46.8 Å². The van der Waals surface area contributed by atoms with Crippen molar-refractivity contribution in [3.05, 3.63) is 151 Å². The number of thiazole rings is 2. The molecule has 0 radical (unpaired) electrons. The van der Waals surface area contributed by atoms with Crippen LogP contribution in [0.5, 0.6) is 11.5 Å². The molecule has 2 heterocycles. The first-order valence-corrected chi connectivity index (χ1v) is 19.3. The number of primary amides is 2. The Morgan fingerprint density at radius 3 is 1.48 bits per heavy atom. The maximum absolute atomic E-state index is 14.3. The Labute approximate surface area is 339 Å². The molecule has 0 fully saturated rings. The van der Waals surface area contributed by atoms with Gasteiger partial charge in [-0.3, -0.25) is 9.59 Å². The zero-order valence-electron chi connectivity index (χ0n) is 31.1. The molecule has 0 aliphatic heterocycles. The average Bonchev–Trinajstić information content (AvgIpc) is 3.81. The van der Waals surface area contributed by atoms with E-state index in [1.807, 2.05) is 48.5 Å². The van der Waals surface area contributed by atoms with Crippen molar-refractivity contribution in [1.82, 2.24) is 9.97 Å². The lowest BCUT2D eigenvalue weighted by atomic mass is 10.1. The van der Waals surface area contributed by atoms with Gasteiger partial charge in [-0.15, -0.1) is 29.3 Å². The molecule has 0 saturated carbocycles. The molecule has 0 spiro atoms. The van der Waals surface area contributed by atoms with E-state index in [0.717, 1.165) is 80.5 Å². The summed E-state index contributed by atoms with van der Waals surface area (Å²) < 4.78 is 66.7. The van der Waals surface area contributed by atoms with Crippen LogP contribution in [-0.4, -0.2) is 32.0 Å². The normalized spacial score (nSPS) is 10.8. The third kappa shape index (κ3) is 10.3. The second-order valence-corrected chi connectivity index (χ2v) is 14.8.